The fourth-order valence-electron chi connectivity index (χ4n) is 3.80. The molecule has 1 aliphatic rings. The fourth-order valence-corrected chi connectivity index (χ4v) is 3.80. The second-order valence-electron chi connectivity index (χ2n) is 6.95. The van der Waals surface area contributed by atoms with Gasteiger partial charge in [-0.1, -0.05) is 19.3 Å². The van der Waals surface area contributed by atoms with Gasteiger partial charge in [0.1, 0.15) is 0 Å². The van der Waals surface area contributed by atoms with Crippen molar-refractivity contribution >= 4 is 16.8 Å². The van der Waals surface area contributed by atoms with E-state index in [0.717, 1.165) is 23.3 Å². The number of ether oxygens (including phenoxy) is 1. The number of rotatable bonds is 6. The molecule has 2 aromatic rings. The first-order chi connectivity index (χ1) is 12.1. The van der Waals surface area contributed by atoms with Gasteiger partial charge in [0.2, 0.25) is 5.88 Å². The van der Waals surface area contributed by atoms with Crippen molar-refractivity contribution in [2.75, 3.05) is 6.61 Å². The van der Waals surface area contributed by atoms with Crippen molar-refractivity contribution in [1.82, 2.24) is 15.1 Å². The van der Waals surface area contributed by atoms with Crippen LogP contribution < -0.4 is 10.1 Å². The van der Waals surface area contributed by atoms with Gasteiger partial charge >= 0.3 is 0 Å². The van der Waals surface area contributed by atoms with Crippen LogP contribution in [0.25, 0.3) is 10.9 Å². The third kappa shape index (κ3) is 3.80. The molecule has 0 saturated heterocycles. The van der Waals surface area contributed by atoms with E-state index in [1.165, 1.54) is 32.1 Å². The molecule has 1 heterocycles. The molecule has 1 atom stereocenters. The molecule has 1 saturated carbocycles. The van der Waals surface area contributed by atoms with E-state index in [0.29, 0.717) is 18.1 Å². The van der Waals surface area contributed by atoms with Gasteiger partial charge in [-0.3, -0.25) is 4.79 Å². The van der Waals surface area contributed by atoms with Crippen molar-refractivity contribution in [3.05, 3.63) is 23.8 Å². The van der Waals surface area contributed by atoms with Crippen LogP contribution in [0.15, 0.2) is 18.2 Å². The van der Waals surface area contributed by atoms with Crippen LogP contribution in [-0.2, 0) is 6.54 Å². The lowest BCUT2D eigenvalue weighted by molar-refractivity contribution is 0.0919. The first-order valence-corrected chi connectivity index (χ1v) is 9.58. The van der Waals surface area contributed by atoms with Gasteiger partial charge < -0.3 is 10.1 Å². The topological polar surface area (TPSA) is 56.1 Å². The number of aromatic nitrogens is 2. The molecular weight excluding hydrogens is 314 g/mol. The summed E-state index contributed by atoms with van der Waals surface area (Å²) in [5.74, 6) is 1.37. The van der Waals surface area contributed by atoms with Crippen molar-refractivity contribution < 1.29 is 9.53 Å². The number of carbonyl (C=O) groups is 1. The number of nitrogens with one attached hydrogen (secondary N) is 1. The van der Waals surface area contributed by atoms with E-state index in [1.54, 1.807) is 0 Å². The molecule has 1 aromatic carbocycles. The first kappa shape index (κ1) is 17.8. The Balaban J connectivity index is 1.77. The number of benzene rings is 1. The highest BCUT2D eigenvalue weighted by atomic mass is 16.5. The zero-order valence-electron chi connectivity index (χ0n) is 15.5. The lowest BCUT2D eigenvalue weighted by Gasteiger charge is -2.28. The highest BCUT2D eigenvalue weighted by Gasteiger charge is 2.22. The normalized spacial score (nSPS) is 16.8. The van der Waals surface area contributed by atoms with Gasteiger partial charge in [0.25, 0.3) is 5.91 Å². The largest absolute Gasteiger partial charge is 0.478 e. The fraction of sp³-hybridized carbons (Fsp3) is 0.600. The smallest absolute Gasteiger partial charge is 0.251 e. The monoisotopic (exact) mass is 343 g/mol. The highest BCUT2D eigenvalue weighted by molar-refractivity contribution is 5.98. The second kappa shape index (κ2) is 7.89. The minimum Gasteiger partial charge on any atom is -0.478 e. The first-order valence-electron chi connectivity index (χ1n) is 9.58. The SMILES string of the molecule is CCOc1c2ccc(C(=O)N[C@H](C)C3CCCCC3)cc2nn1CC. The maximum absolute atomic E-state index is 12.7. The maximum Gasteiger partial charge on any atom is 0.251 e. The molecule has 1 fully saturated rings. The van der Waals surface area contributed by atoms with E-state index in [-0.39, 0.29) is 11.9 Å². The summed E-state index contributed by atoms with van der Waals surface area (Å²) in [4.78, 5) is 12.7. The zero-order chi connectivity index (χ0) is 17.8. The summed E-state index contributed by atoms with van der Waals surface area (Å²) in [7, 11) is 0. The van der Waals surface area contributed by atoms with Crippen LogP contribution in [0.4, 0.5) is 0 Å². The van der Waals surface area contributed by atoms with Crippen LogP contribution in [0.5, 0.6) is 5.88 Å². The summed E-state index contributed by atoms with van der Waals surface area (Å²) in [6, 6.07) is 5.90. The standard InChI is InChI=1S/C20H29N3O2/c1-4-23-20(25-5-2)17-12-11-16(13-18(17)22-23)19(24)21-14(3)15-9-7-6-8-10-15/h11-15H,4-10H2,1-3H3,(H,21,24)/t14-/m1/s1. The molecule has 1 amide bonds. The zero-order valence-corrected chi connectivity index (χ0v) is 15.5. The minimum absolute atomic E-state index is 0.0102. The second-order valence-corrected chi connectivity index (χ2v) is 6.95. The molecule has 5 nitrogen and oxygen atoms in total. The quantitative estimate of drug-likeness (QED) is 0.857. The Kier molecular flexibility index (Phi) is 5.61. The number of hydrogen-bond acceptors (Lipinski definition) is 3. The van der Waals surface area contributed by atoms with Crippen molar-refractivity contribution in [1.29, 1.82) is 0 Å². The third-order valence-electron chi connectivity index (χ3n) is 5.25. The van der Waals surface area contributed by atoms with Crippen LogP contribution in [0, 0.1) is 5.92 Å². The number of carbonyl (C=O) groups excluding carboxylic acids is 1. The van der Waals surface area contributed by atoms with Gasteiger partial charge in [-0.25, -0.2) is 4.68 Å². The summed E-state index contributed by atoms with van der Waals surface area (Å²) in [5.41, 5.74) is 1.47. The molecule has 1 N–H and O–H groups in total. The highest BCUT2D eigenvalue weighted by Crippen LogP contribution is 2.28. The lowest BCUT2D eigenvalue weighted by atomic mass is 9.84. The van der Waals surface area contributed by atoms with E-state index in [2.05, 4.69) is 17.3 Å². The number of nitrogens with zero attached hydrogens (tertiary/aromatic N) is 2. The molecule has 0 bridgehead atoms. The summed E-state index contributed by atoms with van der Waals surface area (Å²) in [6.45, 7) is 7.47. The van der Waals surface area contributed by atoms with Crippen LogP contribution in [0.2, 0.25) is 0 Å². The van der Waals surface area contributed by atoms with Crippen molar-refractivity contribution in [3.8, 4) is 5.88 Å². The molecular formula is C20H29N3O2. The number of amides is 1. The molecule has 0 unspecified atom stereocenters. The Labute approximate surface area is 149 Å². The summed E-state index contributed by atoms with van der Waals surface area (Å²) >= 11 is 0. The van der Waals surface area contributed by atoms with Crippen molar-refractivity contribution in [3.63, 3.8) is 0 Å². The average Bonchev–Trinajstić information content (AvgIpc) is 2.99. The Hall–Kier alpha value is -2.04. The van der Waals surface area contributed by atoms with E-state index in [9.17, 15) is 4.79 Å². The van der Waals surface area contributed by atoms with Gasteiger partial charge in [-0.2, -0.15) is 5.10 Å². The molecule has 0 aliphatic heterocycles. The van der Waals surface area contributed by atoms with Gasteiger partial charge in [0.05, 0.1) is 17.5 Å². The van der Waals surface area contributed by atoms with Gasteiger partial charge in [0, 0.05) is 18.2 Å². The average molecular weight is 343 g/mol. The molecule has 1 aliphatic carbocycles. The third-order valence-corrected chi connectivity index (χ3v) is 5.25. The lowest BCUT2D eigenvalue weighted by Crippen LogP contribution is -2.38. The summed E-state index contributed by atoms with van der Waals surface area (Å²) in [5, 5.41) is 8.72. The van der Waals surface area contributed by atoms with Crippen molar-refractivity contribution in [2.24, 2.45) is 5.92 Å². The van der Waals surface area contributed by atoms with Crippen LogP contribution in [-0.4, -0.2) is 28.3 Å². The van der Waals surface area contributed by atoms with E-state index >= 15 is 0 Å². The molecule has 25 heavy (non-hydrogen) atoms. The summed E-state index contributed by atoms with van der Waals surface area (Å²) < 4.78 is 7.57. The number of fused-ring (bicyclic) bond motifs is 1. The molecule has 5 heteroatoms. The Morgan fingerprint density at radius 1 is 1.32 bits per heavy atom. The van der Waals surface area contributed by atoms with E-state index < -0.39 is 0 Å². The predicted molar refractivity (Wildman–Crippen MR) is 100 cm³/mol. The Morgan fingerprint density at radius 3 is 2.76 bits per heavy atom. The number of aryl methyl sites for hydroxylation is 1. The maximum atomic E-state index is 12.7. The minimum atomic E-state index is -0.0102. The van der Waals surface area contributed by atoms with E-state index in [4.69, 9.17) is 4.74 Å². The van der Waals surface area contributed by atoms with Gasteiger partial charge in [0.15, 0.2) is 0 Å². The summed E-state index contributed by atoms with van der Waals surface area (Å²) in [6.07, 6.45) is 6.34. The predicted octanol–water partition coefficient (Wildman–Crippen LogP) is 4.15. The van der Waals surface area contributed by atoms with E-state index in [1.807, 2.05) is 36.7 Å². The molecule has 3 rings (SSSR count). The molecule has 0 radical (unpaired) electrons. The molecule has 1 aromatic heterocycles. The van der Waals surface area contributed by atoms with Crippen LogP contribution >= 0.6 is 0 Å². The number of hydrogen-bond donors (Lipinski definition) is 1. The Bertz CT molecular complexity index is 732. The Morgan fingerprint density at radius 2 is 2.08 bits per heavy atom. The van der Waals surface area contributed by atoms with Crippen molar-refractivity contribution in [2.45, 2.75) is 65.5 Å². The van der Waals surface area contributed by atoms with Gasteiger partial charge in [-0.05, 0) is 57.7 Å². The molecule has 0 spiro atoms. The van der Waals surface area contributed by atoms with Crippen LogP contribution in [0.3, 0.4) is 0 Å². The molecule has 136 valence electrons. The van der Waals surface area contributed by atoms with Crippen LogP contribution in [0.1, 0.15) is 63.2 Å². The van der Waals surface area contributed by atoms with Gasteiger partial charge in [-0.15, -0.1) is 0 Å².